The molecule has 5 nitrogen and oxygen atoms in total. The van der Waals surface area contributed by atoms with Crippen molar-refractivity contribution in [1.29, 1.82) is 5.26 Å². The zero-order chi connectivity index (χ0) is 12.7. The Morgan fingerprint density at radius 3 is 2.88 bits per heavy atom. The van der Waals surface area contributed by atoms with Gasteiger partial charge in [-0.05, 0) is 13.3 Å². The standard InChI is InChI=1S/C11H17N3O2S/c1-3-16-6-4-5-14-11-10(15-2)9(13)8(7-12)17-11/h14H,3-6,13H2,1-2H3. The second-order valence-corrected chi connectivity index (χ2v) is 4.32. The van der Waals surface area contributed by atoms with Crippen molar-refractivity contribution in [2.45, 2.75) is 13.3 Å². The second kappa shape index (κ2) is 6.99. The zero-order valence-electron chi connectivity index (χ0n) is 10.1. The van der Waals surface area contributed by atoms with Gasteiger partial charge in [-0.15, -0.1) is 11.3 Å². The monoisotopic (exact) mass is 255 g/mol. The fraction of sp³-hybridized carbons (Fsp3) is 0.545. The summed E-state index contributed by atoms with van der Waals surface area (Å²) in [5.41, 5.74) is 6.18. The number of hydrogen-bond donors (Lipinski definition) is 2. The second-order valence-electron chi connectivity index (χ2n) is 3.30. The van der Waals surface area contributed by atoms with Crippen molar-refractivity contribution in [2.75, 3.05) is 37.9 Å². The lowest BCUT2D eigenvalue weighted by Crippen LogP contribution is -2.05. The number of nitrogens with zero attached hydrogens (tertiary/aromatic N) is 1. The van der Waals surface area contributed by atoms with E-state index in [0.717, 1.165) is 31.2 Å². The predicted octanol–water partition coefficient (Wildman–Crippen LogP) is 2.05. The average Bonchev–Trinajstić information content (AvgIpc) is 2.65. The third kappa shape index (κ3) is 3.51. The maximum atomic E-state index is 8.87. The Morgan fingerprint density at radius 2 is 2.29 bits per heavy atom. The molecule has 0 aliphatic heterocycles. The van der Waals surface area contributed by atoms with Gasteiger partial charge in [-0.3, -0.25) is 0 Å². The number of rotatable bonds is 7. The van der Waals surface area contributed by atoms with E-state index in [1.165, 1.54) is 11.3 Å². The Hall–Kier alpha value is -1.45. The molecule has 0 saturated carbocycles. The lowest BCUT2D eigenvalue weighted by atomic mass is 10.3. The number of nitrogens with two attached hydrogens (primary N) is 1. The van der Waals surface area contributed by atoms with E-state index in [2.05, 4.69) is 5.32 Å². The Balaban J connectivity index is 2.56. The first-order chi connectivity index (χ1) is 8.24. The van der Waals surface area contributed by atoms with E-state index in [-0.39, 0.29) is 0 Å². The topological polar surface area (TPSA) is 80.3 Å². The molecule has 17 heavy (non-hydrogen) atoms. The van der Waals surface area contributed by atoms with E-state index < -0.39 is 0 Å². The molecule has 1 aromatic rings. The number of nitrogen functional groups attached to an aromatic ring is 1. The van der Waals surface area contributed by atoms with Crippen molar-refractivity contribution in [3.05, 3.63) is 4.88 Å². The van der Waals surface area contributed by atoms with Crippen LogP contribution in [0.1, 0.15) is 18.2 Å². The predicted molar refractivity (Wildman–Crippen MR) is 69.6 cm³/mol. The van der Waals surface area contributed by atoms with Crippen LogP contribution in [-0.2, 0) is 4.74 Å². The van der Waals surface area contributed by atoms with Gasteiger partial charge in [-0.2, -0.15) is 5.26 Å². The third-order valence-electron chi connectivity index (χ3n) is 2.16. The highest BCUT2D eigenvalue weighted by Gasteiger charge is 2.15. The smallest absolute Gasteiger partial charge is 0.177 e. The number of nitrogens with one attached hydrogen (secondary N) is 1. The van der Waals surface area contributed by atoms with Gasteiger partial charge < -0.3 is 20.5 Å². The Bertz CT molecular complexity index is 398. The van der Waals surface area contributed by atoms with Crippen LogP contribution < -0.4 is 15.8 Å². The molecule has 1 rings (SSSR count). The van der Waals surface area contributed by atoms with Crippen LogP contribution in [0.15, 0.2) is 0 Å². The Labute approximate surface area is 105 Å². The van der Waals surface area contributed by atoms with Gasteiger partial charge in [0.25, 0.3) is 0 Å². The summed E-state index contributed by atoms with van der Waals surface area (Å²) in [5, 5.41) is 12.9. The lowest BCUT2D eigenvalue weighted by Gasteiger charge is -2.06. The summed E-state index contributed by atoms with van der Waals surface area (Å²) in [6, 6.07) is 2.05. The van der Waals surface area contributed by atoms with Gasteiger partial charge in [0.15, 0.2) is 5.75 Å². The van der Waals surface area contributed by atoms with Gasteiger partial charge >= 0.3 is 0 Å². The molecule has 0 fully saturated rings. The van der Waals surface area contributed by atoms with Crippen molar-refractivity contribution in [1.82, 2.24) is 0 Å². The van der Waals surface area contributed by atoms with Crippen LogP contribution in [-0.4, -0.2) is 26.9 Å². The molecule has 0 aromatic carbocycles. The maximum absolute atomic E-state index is 8.87. The zero-order valence-corrected chi connectivity index (χ0v) is 10.9. The molecule has 0 aliphatic rings. The number of thiophene rings is 1. The van der Waals surface area contributed by atoms with Gasteiger partial charge in [0.1, 0.15) is 21.6 Å². The van der Waals surface area contributed by atoms with E-state index in [9.17, 15) is 0 Å². The van der Waals surface area contributed by atoms with E-state index in [4.69, 9.17) is 20.5 Å². The molecule has 0 unspecified atom stereocenters. The SMILES string of the molecule is CCOCCCNc1sc(C#N)c(N)c1OC. The minimum atomic E-state index is 0.410. The summed E-state index contributed by atoms with van der Waals surface area (Å²) >= 11 is 1.31. The minimum Gasteiger partial charge on any atom is -0.492 e. The third-order valence-corrected chi connectivity index (χ3v) is 3.21. The normalized spacial score (nSPS) is 9.94. The van der Waals surface area contributed by atoms with Gasteiger partial charge in [-0.25, -0.2) is 0 Å². The van der Waals surface area contributed by atoms with Crippen molar-refractivity contribution in [3.63, 3.8) is 0 Å². The summed E-state index contributed by atoms with van der Waals surface area (Å²) in [4.78, 5) is 0.481. The molecule has 3 N–H and O–H groups in total. The first kappa shape index (κ1) is 13.6. The molecule has 94 valence electrons. The molecule has 0 aliphatic carbocycles. The minimum absolute atomic E-state index is 0.410. The van der Waals surface area contributed by atoms with E-state index >= 15 is 0 Å². The summed E-state index contributed by atoms with van der Waals surface area (Å²) < 4.78 is 10.4. The molecule has 0 spiro atoms. The molecule has 0 radical (unpaired) electrons. The summed E-state index contributed by atoms with van der Waals surface area (Å²) in [6.07, 6.45) is 0.899. The van der Waals surface area contributed by atoms with Crippen LogP contribution in [0.25, 0.3) is 0 Å². The Morgan fingerprint density at radius 1 is 1.53 bits per heavy atom. The lowest BCUT2D eigenvalue weighted by molar-refractivity contribution is 0.147. The maximum Gasteiger partial charge on any atom is 0.177 e. The van der Waals surface area contributed by atoms with Gasteiger partial charge in [-0.1, -0.05) is 0 Å². The largest absolute Gasteiger partial charge is 0.492 e. The van der Waals surface area contributed by atoms with Crippen molar-refractivity contribution < 1.29 is 9.47 Å². The van der Waals surface area contributed by atoms with Crippen molar-refractivity contribution in [2.24, 2.45) is 0 Å². The van der Waals surface area contributed by atoms with Crippen LogP contribution in [0.2, 0.25) is 0 Å². The first-order valence-electron chi connectivity index (χ1n) is 5.42. The van der Waals surface area contributed by atoms with E-state index in [1.54, 1.807) is 7.11 Å². The van der Waals surface area contributed by atoms with Crippen LogP contribution in [0.3, 0.4) is 0 Å². The first-order valence-corrected chi connectivity index (χ1v) is 6.24. The highest BCUT2D eigenvalue weighted by molar-refractivity contribution is 7.17. The number of nitriles is 1. The highest BCUT2D eigenvalue weighted by atomic mass is 32.1. The fourth-order valence-electron chi connectivity index (χ4n) is 1.35. The molecular weight excluding hydrogens is 238 g/mol. The van der Waals surface area contributed by atoms with Crippen LogP contribution >= 0.6 is 11.3 Å². The molecule has 0 bridgehead atoms. The molecular formula is C11H17N3O2S. The summed E-state index contributed by atoms with van der Waals surface area (Å²) in [5.74, 6) is 0.558. The van der Waals surface area contributed by atoms with Gasteiger partial charge in [0.2, 0.25) is 0 Å². The quantitative estimate of drug-likeness (QED) is 0.729. The molecule has 1 aromatic heterocycles. The molecule has 0 amide bonds. The van der Waals surface area contributed by atoms with Gasteiger partial charge in [0.05, 0.1) is 7.11 Å². The highest BCUT2D eigenvalue weighted by Crippen LogP contribution is 2.41. The Kier molecular flexibility index (Phi) is 5.60. The number of methoxy groups -OCH3 is 1. The summed E-state index contributed by atoms with van der Waals surface area (Å²) in [6.45, 7) is 4.18. The number of anilines is 2. The van der Waals surface area contributed by atoms with Crippen molar-refractivity contribution in [3.8, 4) is 11.8 Å². The van der Waals surface area contributed by atoms with E-state index in [0.29, 0.717) is 16.3 Å². The molecule has 6 heteroatoms. The van der Waals surface area contributed by atoms with Crippen molar-refractivity contribution >= 4 is 22.0 Å². The molecule has 1 heterocycles. The van der Waals surface area contributed by atoms with E-state index in [1.807, 2.05) is 13.0 Å². The summed E-state index contributed by atoms with van der Waals surface area (Å²) in [7, 11) is 1.55. The number of hydrogen-bond acceptors (Lipinski definition) is 6. The number of ether oxygens (including phenoxy) is 2. The van der Waals surface area contributed by atoms with Crippen LogP contribution in [0, 0.1) is 11.3 Å². The molecule has 0 atom stereocenters. The van der Waals surface area contributed by atoms with Crippen LogP contribution in [0.4, 0.5) is 10.7 Å². The average molecular weight is 255 g/mol. The van der Waals surface area contributed by atoms with Crippen LogP contribution in [0.5, 0.6) is 5.75 Å². The van der Waals surface area contributed by atoms with Gasteiger partial charge in [0, 0.05) is 19.8 Å². The molecule has 0 saturated heterocycles. The fourth-order valence-corrected chi connectivity index (χ4v) is 2.26.